The van der Waals surface area contributed by atoms with Gasteiger partial charge in [0.05, 0.1) is 28.2 Å². The van der Waals surface area contributed by atoms with E-state index in [4.69, 9.17) is 32.4 Å². The van der Waals surface area contributed by atoms with Gasteiger partial charge in [-0.1, -0.05) is 11.6 Å². The summed E-state index contributed by atoms with van der Waals surface area (Å²) < 4.78 is 10.1. The van der Waals surface area contributed by atoms with Crippen molar-refractivity contribution in [3.63, 3.8) is 0 Å². The minimum absolute atomic E-state index is 0.00917. The van der Waals surface area contributed by atoms with Crippen LogP contribution < -0.4 is 15.4 Å². The molecule has 0 aliphatic carbocycles. The zero-order valence-corrected chi connectivity index (χ0v) is 11.9. The highest BCUT2D eigenvalue weighted by molar-refractivity contribution is 6.35. The monoisotopic (exact) mass is 326 g/mol. The summed E-state index contributed by atoms with van der Waals surface area (Å²) in [6, 6.07) is 4.48. The maximum Gasteiger partial charge on any atom is 0.262 e. The minimum Gasteiger partial charge on any atom is -0.482 e. The molecule has 1 aromatic heterocycles. The Morgan fingerprint density at radius 1 is 1.33 bits per heavy atom. The molecular weight excluding hydrogens is 319 g/mol. The highest BCUT2D eigenvalue weighted by Crippen LogP contribution is 2.36. The predicted molar refractivity (Wildman–Crippen MR) is 77.2 cm³/mol. The number of nitrogens with one attached hydrogen (secondary N) is 2. The van der Waals surface area contributed by atoms with Gasteiger partial charge < -0.3 is 19.8 Å². The molecular formula is C13H8Cl2N2O4. The van der Waals surface area contributed by atoms with Crippen LogP contribution in [0.4, 0.5) is 11.4 Å². The molecule has 8 heteroatoms. The van der Waals surface area contributed by atoms with E-state index in [1.54, 1.807) is 0 Å². The highest BCUT2D eigenvalue weighted by atomic mass is 35.5. The first-order valence-electron chi connectivity index (χ1n) is 5.85. The van der Waals surface area contributed by atoms with Gasteiger partial charge in [-0.2, -0.15) is 0 Å². The predicted octanol–water partition coefficient (Wildman–Crippen LogP) is 3.17. The van der Waals surface area contributed by atoms with Crippen LogP contribution in [0.3, 0.4) is 0 Å². The number of amides is 2. The first-order valence-corrected chi connectivity index (χ1v) is 6.61. The van der Waals surface area contributed by atoms with E-state index in [2.05, 4.69) is 10.6 Å². The molecule has 0 fully saturated rings. The molecule has 3 rings (SSSR count). The molecule has 0 unspecified atom stereocenters. The fraction of sp³-hybridized carbons (Fsp3) is 0.0769. The molecule has 2 amide bonds. The Balaban J connectivity index is 1.88. The highest BCUT2D eigenvalue weighted by Gasteiger charge is 2.20. The summed E-state index contributed by atoms with van der Waals surface area (Å²) in [5, 5.41) is 5.48. The van der Waals surface area contributed by atoms with Crippen LogP contribution in [0.25, 0.3) is 0 Å². The van der Waals surface area contributed by atoms with Crippen LogP contribution in [-0.4, -0.2) is 18.4 Å². The van der Waals surface area contributed by atoms with E-state index in [9.17, 15) is 9.59 Å². The number of hydrogen-bond acceptors (Lipinski definition) is 4. The fourth-order valence-electron chi connectivity index (χ4n) is 1.84. The molecule has 6 nitrogen and oxygen atoms in total. The number of furan rings is 1. The molecule has 1 aromatic carbocycles. The van der Waals surface area contributed by atoms with Crippen molar-refractivity contribution in [3.8, 4) is 5.75 Å². The average molecular weight is 327 g/mol. The molecule has 2 N–H and O–H groups in total. The third kappa shape index (κ3) is 2.68. The zero-order chi connectivity index (χ0) is 15.0. The molecule has 1 aliphatic heterocycles. The molecule has 2 heterocycles. The number of halogens is 2. The van der Waals surface area contributed by atoms with E-state index in [0.29, 0.717) is 17.1 Å². The first kappa shape index (κ1) is 13.8. The number of rotatable bonds is 2. The summed E-state index contributed by atoms with van der Waals surface area (Å²) in [7, 11) is 0. The zero-order valence-electron chi connectivity index (χ0n) is 10.4. The van der Waals surface area contributed by atoms with Crippen molar-refractivity contribution >= 4 is 46.4 Å². The van der Waals surface area contributed by atoms with Gasteiger partial charge in [0.2, 0.25) is 5.22 Å². The van der Waals surface area contributed by atoms with Crippen LogP contribution in [0.15, 0.2) is 28.9 Å². The first-order chi connectivity index (χ1) is 10.0. The Labute approximate surface area is 129 Å². The second-order valence-electron chi connectivity index (χ2n) is 4.23. The molecule has 0 bridgehead atoms. The van der Waals surface area contributed by atoms with Crippen LogP contribution in [0.5, 0.6) is 5.75 Å². The SMILES string of the molecule is O=C1COc2cc(NC(=O)c3ccoc3Cl)c(Cl)cc2N1. The molecule has 0 atom stereocenters. The number of ether oxygens (including phenoxy) is 1. The van der Waals surface area contributed by atoms with E-state index >= 15 is 0 Å². The Kier molecular flexibility index (Phi) is 3.48. The maximum absolute atomic E-state index is 12.0. The summed E-state index contributed by atoms with van der Waals surface area (Å²) in [6.45, 7) is -0.0877. The van der Waals surface area contributed by atoms with Gasteiger partial charge >= 0.3 is 0 Å². The summed E-state index contributed by atoms with van der Waals surface area (Å²) in [5.41, 5.74) is 0.990. The van der Waals surface area contributed by atoms with Gasteiger partial charge in [0, 0.05) is 6.07 Å². The van der Waals surface area contributed by atoms with Gasteiger partial charge in [0.15, 0.2) is 6.61 Å². The van der Waals surface area contributed by atoms with Gasteiger partial charge in [-0.05, 0) is 23.7 Å². The Bertz CT molecular complexity index is 742. The molecule has 0 saturated carbocycles. The number of carbonyl (C=O) groups is 2. The van der Waals surface area contributed by atoms with Crippen molar-refractivity contribution in [2.45, 2.75) is 0 Å². The van der Waals surface area contributed by atoms with Crippen molar-refractivity contribution in [1.82, 2.24) is 0 Å². The topological polar surface area (TPSA) is 80.6 Å². The van der Waals surface area contributed by atoms with Crippen LogP contribution in [0.2, 0.25) is 10.2 Å². The second kappa shape index (κ2) is 5.31. The smallest absolute Gasteiger partial charge is 0.262 e. The van der Waals surface area contributed by atoms with E-state index in [-0.39, 0.29) is 28.3 Å². The maximum atomic E-state index is 12.0. The minimum atomic E-state index is -0.463. The number of benzene rings is 1. The third-order valence-electron chi connectivity index (χ3n) is 2.81. The summed E-state index contributed by atoms with van der Waals surface area (Å²) in [5.74, 6) is -0.302. The van der Waals surface area contributed by atoms with Crippen LogP contribution in [0, 0.1) is 0 Å². The number of hydrogen-bond donors (Lipinski definition) is 2. The van der Waals surface area contributed by atoms with Crippen molar-refractivity contribution in [1.29, 1.82) is 0 Å². The number of fused-ring (bicyclic) bond motifs is 1. The van der Waals surface area contributed by atoms with Gasteiger partial charge in [0.25, 0.3) is 11.8 Å². The second-order valence-corrected chi connectivity index (χ2v) is 4.98. The van der Waals surface area contributed by atoms with Gasteiger partial charge in [-0.3, -0.25) is 9.59 Å². The molecule has 108 valence electrons. The van der Waals surface area contributed by atoms with Crippen molar-refractivity contribution in [2.75, 3.05) is 17.2 Å². The van der Waals surface area contributed by atoms with Crippen LogP contribution in [-0.2, 0) is 4.79 Å². The Morgan fingerprint density at radius 2 is 2.14 bits per heavy atom. The van der Waals surface area contributed by atoms with Gasteiger partial charge in [-0.15, -0.1) is 0 Å². The number of carbonyl (C=O) groups excluding carboxylic acids is 2. The van der Waals surface area contributed by atoms with Crippen LogP contribution in [0.1, 0.15) is 10.4 Å². The molecule has 0 spiro atoms. The largest absolute Gasteiger partial charge is 0.482 e. The lowest BCUT2D eigenvalue weighted by atomic mass is 10.2. The molecule has 0 radical (unpaired) electrons. The van der Waals surface area contributed by atoms with E-state index in [1.165, 1.54) is 24.5 Å². The molecule has 0 saturated heterocycles. The van der Waals surface area contributed by atoms with Crippen molar-refractivity contribution < 1.29 is 18.7 Å². The Morgan fingerprint density at radius 3 is 2.86 bits per heavy atom. The lowest BCUT2D eigenvalue weighted by molar-refractivity contribution is -0.118. The standard InChI is InChI=1S/C13H8Cl2N2O4/c14-7-3-9-10(21-5-11(18)16-9)4-8(7)17-13(19)6-1-2-20-12(6)15/h1-4H,5H2,(H,16,18)(H,17,19). The van der Waals surface area contributed by atoms with E-state index in [0.717, 1.165) is 0 Å². The lowest BCUT2D eigenvalue weighted by Crippen LogP contribution is -2.25. The number of anilines is 2. The summed E-state index contributed by atoms with van der Waals surface area (Å²) >= 11 is 11.8. The summed E-state index contributed by atoms with van der Waals surface area (Å²) in [6.07, 6.45) is 1.31. The molecule has 21 heavy (non-hydrogen) atoms. The molecule has 1 aliphatic rings. The lowest BCUT2D eigenvalue weighted by Gasteiger charge is -2.19. The van der Waals surface area contributed by atoms with Crippen LogP contribution >= 0.6 is 23.2 Å². The fourth-order valence-corrected chi connectivity index (χ4v) is 2.25. The average Bonchev–Trinajstić information content (AvgIpc) is 2.86. The van der Waals surface area contributed by atoms with E-state index in [1.807, 2.05) is 0 Å². The van der Waals surface area contributed by atoms with Gasteiger partial charge in [0.1, 0.15) is 5.75 Å². The third-order valence-corrected chi connectivity index (χ3v) is 3.42. The summed E-state index contributed by atoms with van der Waals surface area (Å²) in [4.78, 5) is 23.3. The van der Waals surface area contributed by atoms with Crippen molar-refractivity contribution in [2.24, 2.45) is 0 Å². The van der Waals surface area contributed by atoms with Gasteiger partial charge in [-0.25, -0.2) is 0 Å². The Hall–Kier alpha value is -2.18. The van der Waals surface area contributed by atoms with Crippen molar-refractivity contribution in [3.05, 3.63) is 40.3 Å². The van der Waals surface area contributed by atoms with E-state index < -0.39 is 5.91 Å². The normalized spacial score (nSPS) is 13.1. The quantitative estimate of drug-likeness (QED) is 0.888. The molecule has 2 aromatic rings.